The van der Waals surface area contributed by atoms with Crippen LogP contribution in [0.2, 0.25) is 0 Å². The number of hydrogen-bond donors (Lipinski definition) is 0. The Morgan fingerprint density at radius 1 is 1.05 bits per heavy atom. The van der Waals surface area contributed by atoms with Gasteiger partial charge in [-0.3, -0.25) is 0 Å². The van der Waals surface area contributed by atoms with Crippen LogP contribution in [-0.4, -0.2) is 0 Å². The van der Waals surface area contributed by atoms with Crippen molar-refractivity contribution < 1.29 is 0 Å². The molecule has 0 rings (SSSR count). The Hall–Kier alpha value is -1.30. The van der Waals surface area contributed by atoms with Gasteiger partial charge in [-0.15, -0.1) is 0 Å². The molecule has 0 heterocycles. The van der Waals surface area contributed by atoms with E-state index in [1.165, 1.54) is 17.6 Å². The lowest BCUT2D eigenvalue weighted by Gasteiger charge is -2.14. The Labute approximate surface area is 121 Å². The first-order valence-corrected chi connectivity index (χ1v) is 7.40. The molecule has 0 radical (unpaired) electrons. The van der Waals surface area contributed by atoms with Crippen LogP contribution < -0.4 is 0 Å². The highest BCUT2D eigenvalue weighted by Crippen LogP contribution is 2.22. The van der Waals surface area contributed by atoms with E-state index in [0.29, 0.717) is 5.92 Å². The third-order valence-electron chi connectivity index (χ3n) is 2.56. The fraction of sp³-hybridized carbons (Fsp3) is 0.474. The number of allylic oxidation sites excluding steroid dienone is 9. The first-order valence-electron chi connectivity index (χ1n) is 7.40. The molecule has 0 N–H and O–H groups in total. The predicted molar refractivity (Wildman–Crippen MR) is 91.4 cm³/mol. The van der Waals surface area contributed by atoms with Gasteiger partial charge in [0.1, 0.15) is 0 Å². The molecule has 108 valence electrons. The standard InChI is InChI=1S/C16H24.C3H8/c1-6-10-13-15(9-4)14(5)16(11-7-2)12-8-3;1-3-2/h6-7,9-14H,1,8H2,2-5H3;3H2,1-2H3/b11-7-,13-10-,15-9+,16-12+;. The molecule has 0 aliphatic carbocycles. The van der Waals surface area contributed by atoms with Crippen LogP contribution in [0, 0.1) is 5.92 Å². The highest BCUT2D eigenvalue weighted by atomic mass is 14.1. The molecule has 0 aliphatic heterocycles. The molecule has 0 amide bonds. The van der Waals surface area contributed by atoms with Gasteiger partial charge in [-0.25, -0.2) is 0 Å². The zero-order valence-corrected chi connectivity index (χ0v) is 13.7. The third kappa shape index (κ3) is 10.3. The minimum atomic E-state index is 0.442. The van der Waals surface area contributed by atoms with E-state index >= 15 is 0 Å². The molecular weight excluding hydrogens is 228 g/mol. The second-order valence-corrected chi connectivity index (χ2v) is 4.42. The maximum Gasteiger partial charge on any atom is 0.00544 e. The van der Waals surface area contributed by atoms with Crippen LogP contribution in [0.4, 0.5) is 0 Å². The Balaban J connectivity index is 0. The average molecular weight is 260 g/mol. The van der Waals surface area contributed by atoms with Gasteiger partial charge in [0.05, 0.1) is 0 Å². The maximum atomic E-state index is 3.70. The van der Waals surface area contributed by atoms with Crippen molar-refractivity contribution in [2.45, 2.75) is 54.4 Å². The van der Waals surface area contributed by atoms with Crippen molar-refractivity contribution >= 4 is 0 Å². The van der Waals surface area contributed by atoms with Crippen molar-refractivity contribution in [1.29, 1.82) is 0 Å². The predicted octanol–water partition coefficient (Wildman–Crippen LogP) is 6.64. The van der Waals surface area contributed by atoms with Crippen LogP contribution in [0.25, 0.3) is 0 Å². The molecule has 0 saturated carbocycles. The summed E-state index contributed by atoms with van der Waals surface area (Å²) in [6.07, 6.45) is 17.0. The van der Waals surface area contributed by atoms with E-state index < -0.39 is 0 Å². The van der Waals surface area contributed by atoms with Gasteiger partial charge in [0.2, 0.25) is 0 Å². The molecule has 0 aromatic heterocycles. The Bertz CT molecular complexity index is 324. The summed E-state index contributed by atoms with van der Waals surface area (Å²) in [5, 5.41) is 0. The summed E-state index contributed by atoms with van der Waals surface area (Å²) in [5.74, 6) is 0.442. The molecule has 0 saturated heterocycles. The minimum absolute atomic E-state index is 0.442. The molecular formula is C19H32. The van der Waals surface area contributed by atoms with E-state index in [-0.39, 0.29) is 0 Å². The number of hydrogen-bond acceptors (Lipinski definition) is 0. The smallest absolute Gasteiger partial charge is 0.00544 e. The van der Waals surface area contributed by atoms with Crippen LogP contribution in [0.1, 0.15) is 54.4 Å². The summed E-state index contributed by atoms with van der Waals surface area (Å²) in [4.78, 5) is 0. The molecule has 0 fully saturated rings. The number of rotatable bonds is 6. The van der Waals surface area contributed by atoms with Gasteiger partial charge >= 0.3 is 0 Å². The topological polar surface area (TPSA) is 0 Å². The molecule has 0 nitrogen and oxygen atoms in total. The summed E-state index contributed by atoms with van der Waals surface area (Å²) >= 11 is 0. The van der Waals surface area contributed by atoms with Crippen molar-refractivity contribution in [3.8, 4) is 0 Å². The fourth-order valence-corrected chi connectivity index (χ4v) is 1.68. The lowest BCUT2D eigenvalue weighted by Crippen LogP contribution is -2.00. The molecule has 0 aliphatic rings. The molecule has 0 heteroatoms. The minimum Gasteiger partial charge on any atom is -0.0991 e. The Morgan fingerprint density at radius 3 is 2.00 bits per heavy atom. The van der Waals surface area contributed by atoms with Gasteiger partial charge < -0.3 is 0 Å². The van der Waals surface area contributed by atoms with Gasteiger partial charge in [-0.1, -0.05) is 83.2 Å². The summed E-state index contributed by atoms with van der Waals surface area (Å²) in [5.41, 5.74) is 2.71. The molecule has 0 bridgehead atoms. The van der Waals surface area contributed by atoms with Crippen molar-refractivity contribution in [2.75, 3.05) is 0 Å². The highest BCUT2D eigenvalue weighted by Gasteiger charge is 2.08. The summed E-state index contributed by atoms with van der Waals surface area (Å²) in [7, 11) is 0. The zero-order chi connectivity index (χ0) is 15.1. The van der Waals surface area contributed by atoms with Crippen LogP contribution in [0.3, 0.4) is 0 Å². The first kappa shape index (κ1) is 20.0. The molecule has 1 atom stereocenters. The lowest BCUT2D eigenvalue weighted by atomic mass is 9.91. The van der Waals surface area contributed by atoms with Crippen LogP contribution >= 0.6 is 0 Å². The quantitative estimate of drug-likeness (QED) is 0.469. The molecule has 0 aromatic rings. The van der Waals surface area contributed by atoms with Crippen molar-refractivity contribution in [3.63, 3.8) is 0 Å². The van der Waals surface area contributed by atoms with E-state index in [9.17, 15) is 0 Å². The summed E-state index contributed by atoms with van der Waals surface area (Å²) in [6.45, 7) is 16.5. The SMILES string of the molecule is C=C/C=C\C(=C/C)C(C)C(/C=C\C)=C/CC.CCC. The monoisotopic (exact) mass is 260 g/mol. The largest absolute Gasteiger partial charge is 0.0991 e. The van der Waals surface area contributed by atoms with Gasteiger partial charge in [-0.05, 0) is 31.4 Å². The second kappa shape index (κ2) is 14.8. The normalized spacial score (nSPS) is 14.4. The van der Waals surface area contributed by atoms with E-state index in [2.05, 4.69) is 78.5 Å². The van der Waals surface area contributed by atoms with Gasteiger partial charge in [-0.2, -0.15) is 0 Å². The molecule has 0 aromatic carbocycles. The van der Waals surface area contributed by atoms with Crippen molar-refractivity contribution in [2.24, 2.45) is 5.92 Å². The average Bonchev–Trinajstić information content (AvgIpc) is 2.40. The first-order chi connectivity index (χ1) is 9.12. The zero-order valence-electron chi connectivity index (χ0n) is 13.7. The van der Waals surface area contributed by atoms with E-state index in [1.807, 2.05) is 12.2 Å². The van der Waals surface area contributed by atoms with Gasteiger partial charge in [0.15, 0.2) is 0 Å². The van der Waals surface area contributed by atoms with Crippen LogP contribution in [-0.2, 0) is 0 Å². The summed E-state index contributed by atoms with van der Waals surface area (Å²) in [6, 6.07) is 0. The van der Waals surface area contributed by atoms with Crippen LogP contribution in [0.5, 0.6) is 0 Å². The Kier molecular flexibility index (Phi) is 15.6. The van der Waals surface area contributed by atoms with Crippen molar-refractivity contribution in [3.05, 3.63) is 60.3 Å². The Morgan fingerprint density at radius 2 is 1.63 bits per heavy atom. The molecule has 1 unspecified atom stereocenters. The third-order valence-corrected chi connectivity index (χ3v) is 2.56. The van der Waals surface area contributed by atoms with E-state index in [1.54, 1.807) is 0 Å². The molecule has 19 heavy (non-hydrogen) atoms. The lowest BCUT2D eigenvalue weighted by molar-refractivity contribution is 0.837. The van der Waals surface area contributed by atoms with E-state index in [0.717, 1.165) is 6.42 Å². The van der Waals surface area contributed by atoms with Crippen LogP contribution in [0.15, 0.2) is 60.3 Å². The maximum absolute atomic E-state index is 3.70. The second-order valence-electron chi connectivity index (χ2n) is 4.42. The highest BCUT2D eigenvalue weighted by molar-refractivity contribution is 5.34. The van der Waals surface area contributed by atoms with Crippen molar-refractivity contribution in [1.82, 2.24) is 0 Å². The van der Waals surface area contributed by atoms with Gasteiger partial charge in [0, 0.05) is 5.92 Å². The van der Waals surface area contributed by atoms with E-state index in [4.69, 9.17) is 0 Å². The van der Waals surface area contributed by atoms with Gasteiger partial charge in [0.25, 0.3) is 0 Å². The fourth-order valence-electron chi connectivity index (χ4n) is 1.68. The summed E-state index contributed by atoms with van der Waals surface area (Å²) < 4.78 is 0. The molecule has 0 spiro atoms.